The number of carbonyl (C=O) groups excluding carboxylic acids is 1. The van der Waals surface area contributed by atoms with Crippen LogP contribution in [0.1, 0.15) is 55.5 Å². The number of ether oxygens (including phenoxy) is 1. The first-order valence-electron chi connectivity index (χ1n) is 12.6. The third kappa shape index (κ3) is 4.95. The molecular weight excluding hydrogens is 470 g/mol. The van der Waals surface area contributed by atoms with Crippen LogP contribution >= 0.6 is 12.2 Å². The fourth-order valence-corrected chi connectivity index (χ4v) is 5.45. The minimum atomic E-state index is -0.297. The molecule has 4 rings (SSSR count). The van der Waals surface area contributed by atoms with E-state index in [1.807, 2.05) is 30.0 Å². The fraction of sp³-hybridized carbons (Fsp3) is 0.393. The lowest BCUT2D eigenvalue weighted by Gasteiger charge is -2.27. The van der Waals surface area contributed by atoms with Gasteiger partial charge >= 0.3 is 5.97 Å². The molecule has 3 heterocycles. The Balaban J connectivity index is 1.76. The van der Waals surface area contributed by atoms with Gasteiger partial charge in [-0.05, 0) is 94.9 Å². The summed E-state index contributed by atoms with van der Waals surface area (Å²) in [7, 11) is 0. The molecule has 0 aliphatic carbocycles. The van der Waals surface area contributed by atoms with Crippen molar-refractivity contribution in [1.82, 2.24) is 19.8 Å². The van der Waals surface area contributed by atoms with Crippen molar-refractivity contribution in [2.75, 3.05) is 31.1 Å². The van der Waals surface area contributed by atoms with E-state index in [0.29, 0.717) is 11.7 Å². The minimum absolute atomic E-state index is 0.0793. The molecule has 1 fully saturated rings. The summed E-state index contributed by atoms with van der Waals surface area (Å²) in [5.74, 6) is -0.297. The van der Waals surface area contributed by atoms with E-state index in [1.165, 1.54) is 5.69 Å². The summed E-state index contributed by atoms with van der Waals surface area (Å²) in [5, 5.41) is 3.94. The van der Waals surface area contributed by atoms with Crippen LogP contribution in [0.15, 0.2) is 54.7 Å². The lowest BCUT2D eigenvalue weighted by molar-refractivity contribution is -0.143. The molecule has 36 heavy (non-hydrogen) atoms. The maximum absolute atomic E-state index is 12.5. The Morgan fingerprint density at radius 1 is 1.11 bits per heavy atom. The van der Waals surface area contributed by atoms with Crippen molar-refractivity contribution in [3.63, 3.8) is 0 Å². The van der Waals surface area contributed by atoms with Gasteiger partial charge in [-0.1, -0.05) is 6.07 Å². The second kappa shape index (κ2) is 11.1. The summed E-state index contributed by atoms with van der Waals surface area (Å²) < 4.78 is 7.53. The highest BCUT2D eigenvalue weighted by Gasteiger charge is 2.42. The number of carbonyl (C=O) groups is 1. The smallest absolute Gasteiger partial charge is 0.325 e. The number of nitrogens with zero attached hydrogens (tertiary/aromatic N) is 4. The monoisotopic (exact) mass is 505 g/mol. The maximum atomic E-state index is 12.5. The van der Waals surface area contributed by atoms with Gasteiger partial charge in [0.1, 0.15) is 6.54 Å². The van der Waals surface area contributed by atoms with Crippen LogP contribution in [0.2, 0.25) is 0 Å². The molecule has 0 saturated carbocycles. The predicted octanol–water partition coefficient (Wildman–Crippen LogP) is 4.87. The topological polar surface area (TPSA) is 62.6 Å². The summed E-state index contributed by atoms with van der Waals surface area (Å²) in [5.41, 5.74) is 6.53. The fourth-order valence-electron chi connectivity index (χ4n) is 5.15. The van der Waals surface area contributed by atoms with E-state index in [-0.39, 0.29) is 24.6 Å². The van der Waals surface area contributed by atoms with Crippen LogP contribution < -0.4 is 10.2 Å². The Kier molecular flexibility index (Phi) is 7.94. The molecule has 0 amide bonds. The van der Waals surface area contributed by atoms with Crippen molar-refractivity contribution in [3.05, 3.63) is 77.4 Å². The van der Waals surface area contributed by atoms with Gasteiger partial charge in [0.25, 0.3) is 0 Å². The van der Waals surface area contributed by atoms with Crippen molar-refractivity contribution in [2.24, 2.45) is 0 Å². The lowest BCUT2D eigenvalue weighted by atomic mass is 9.97. The standard InChI is InChI=1S/C28H35N5O2S/c1-6-31(7-2)21-12-14-22(15-13-21)33-19(4)17-23(20(33)5)27-26(24-11-9-10-16-29-24)30-28(36)32(27)18-25(34)35-8-3/h9-17,26-27H,6-8,18H2,1-5H3,(H,30,36)/t26-,27-/m0/s1. The molecule has 3 aromatic rings. The van der Waals surface area contributed by atoms with Crippen LogP contribution in [-0.4, -0.2) is 51.8 Å². The Bertz CT molecular complexity index is 1200. The van der Waals surface area contributed by atoms with Gasteiger partial charge in [-0.15, -0.1) is 0 Å². The van der Waals surface area contributed by atoms with Gasteiger partial charge in [0.15, 0.2) is 5.11 Å². The van der Waals surface area contributed by atoms with E-state index in [0.717, 1.165) is 41.4 Å². The second-order valence-corrected chi connectivity index (χ2v) is 9.30. The van der Waals surface area contributed by atoms with Crippen molar-refractivity contribution in [1.29, 1.82) is 0 Å². The zero-order valence-corrected chi connectivity index (χ0v) is 22.5. The van der Waals surface area contributed by atoms with Gasteiger partial charge in [-0.2, -0.15) is 0 Å². The molecule has 0 spiro atoms. The van der Waals surface area contributed by atoms with Gasteiger partial charge in [-0.25, -0.2) is 0 Å². The van der Waals surface area contributed by atoms with Gasteiger partial charge in [0.05, 0.1) is 24.4 Å². The number of rotatable bonds is 9. The van der Waals surface area contributed by atoms with Crippen molar-refractivity contribution in [2.45, 2.75) is 46.7 Å². The van der Waals surface area contributed by atoms with Crippen LogP contribution in [0.4, 0.5) is 5.69 Å². The first-order valence-corrected chi connectivity index (χ1v) is 13.0. The van der Waals surface area contributed by atoms with Crippen molar-refractivity contribution in [3.8, 4) is 5.69 Å². The van der Waals surface area contributed by atoms with Crippen LogP contribution in [0.5, 0.6) is 0 Å². The third-order valence-electron chi connectivity index (χ3n) is 6.83. The Morgan fingerprint density at radius 3 is 2.44 bits per heavy atom. The normalized spacial score (nSPS) is 17.2. The molecule has 0 radical (unpaired) electrons. The highest BCUT2D eigenvalue weighted by atomic mass is 32.1. The molecule has 0 unspecified atom stereocenters. The molecule has 0 bridgehead atoms. The highest BCUT2D eigenvalue weighted by Crippen LogP contribution is 2.41. The van der Waals surface area contributed by atoms with E-state index in [1.54, 1.807) is 6.20 Å². The number of anilines is 1. The van der Waals surface area contributed by atoms with Gasteiger partial charge in [0, 0.05) is 42.0 Å². The summed E-state index contributed by atoms with van der Waals surface area (Å²) >= 11 is 5.70. The SMILES string of the molecule is CCOC(=O)CN1C(=S)N[C@@H](c2ccccn2)[C@@H]1c1cc(C)n(-c2ccc(N(CC)CC)cc2)c1C. The van der Waals surface area contributed by atoms with E-state index < -0.39 is 0 Å². The van der Waals surface area contributed by atoms with Crippen LogP contribution in [0.25, 0.3) is 5.69 Å². The van der Waals surface area contributed by atoms with Crippen molar-refractivity contribution < 1.29 is 9.53 Å². The molecule has 2 atom stereocenters. The molecule has 7 nitrogen and oxygen atoms in total. The van der Waals surface area contributed by atoms with Crippen molar-refractivity contribution >= 4 is 29.0 Å². The second-order valence-electron chi connectivity index (χ2n) is 8.91. The highest BCUT2D eigenvalue weighted by molar-refractivity contribution is 7.80. The Hall–Kier alpha value is -3.39. The van der Waals surface area contributed by atoms with Crippen LogP contribution in [0.3, 0.4) is 0 Å². The lowest BCUT2D eigenvalue weighted by Crippen LogP contribution is -2.35. The summed E-state index contributed by atoms with van der Waals surface area (Å²) in [6.45, 7) is 12.7. The number of pyridine rings is 1. The van der Waals surface area contributed by atoms with E-state index >= 15 is 0 Å². The molecule has 2 aromatic heterocycles. The number of benzene rings is 1. The van der Waals surface area contributed by atoms with E-state index in [2.05, 4.69) is 77.8 Å². The maximum Gasteiger partial charge on any atom is 0.325 e. The number of aromatic nitrogens is 2. The molecule has 1 aliphatic heterocycles. The first kappa shape index (κ1) is 25.7. The number of aryl methyl sites for hydroxylation is 1. The van der Waals surface area contributed by atoms with Crippen LogP contribution in [-0.2, 0) is 9.53 Å². The molecular formula is C28H35N5O2S. The number of thiocarbonyl (C=S) groups is 1. The predicted molar refractivity (Wildman–Crippen MR) is 148 cm³/mol. The summed E-state index contributed by atoms with van der Waals surface area (Å²) in [6, 6.07) is 16.4. The molecule has 1 N–H and O–H groups in total. The average molecular weight is 506 g/mol. The Morgan fingerprint density at radius 2 is 1.83 bits per heavy atom. The number of hydrogen-bond acceptors (Lipinski definition) is 5. The third-order valence-corrected chi connectivity index (χ3v) is 7.18. The zero-order valence-electron chi connectivity index (χ0n) is 21.7. The van der Waals surface area contributed by atoms with Gasteiger partial charge < -0.3 is 24.4 Å². The molecule has 1 aliphatic rings. The molecule has 8 heteroatoms. The molecule has 1 aromatic carbocycles. The largest absolute Gasteiger partial charge is 0.465 e. The molecule has 190 valence electrons. The van der Waals surface area contributed by atoms with Gasteiger partial charge in [-0.3, -0.25) is 9.78 Å². The number of hydrogen-bond donors (Lipinski definition) is 1. The van der Waals surface area contributed by atoms with E-state index in [9.17, 15) is 4.79 Å². The molecule has 1 saturated heterocycles. The quantitative estimate of drug-likeness (QED) is 0.329. The average Bonchev–Trinajstić information content (AvgIpc) is 3.35. The zero-order chi connectivity index (χ0) is 25.8. The summed E-state index contributed by atoms with van der Waals surface area (Å²) in [4.78, 5) is 21.4. The number of nitrogens with one attached hydrogen (secondary N) is 1. The Labute approximate surface area is 219 Å². The number of esters is 1. The minimum Gasteiger partial charge on any atom is -0.465 e. The van der Waals surface area contributed by atoms with E-state index in [4.69, 9.17) is 17.0 Å². The first-order chi connectivity index (χ1) is 17.4. The van der Waals surface area contributed by atoms with Crippen LogP contribution in [0, 0.1) is 13.8 Å². The van der Waals surface area contributed by atoms with Gasteiger partial charge in [0.2, 0.25) is 0 Å². The summed E-state index contributed by atoms with van der Waals surface area (Å²) in [6.07, 6.45) is 1.78.